The molecule has 0 radical (unpaired) electrons. The summed E-state index contributed by atoms with van der Waals surface area (Å²) in [5, 5.41) is 2.79. The lowest BCUT2D eigenvalue weighted by atomic mass is 10.2. The fourth-order valence-electron chi connectivity index (χ4n) is 1.42. The molecule has 2 rings (SSSR count). The van der Waals surface area contributed by atoms with Crippen LogP contribution in [0.15, 0.2) is 42.7 Å². The molecule has 0 saturated heterocycles. The van der Waals surface area contributed by atoms with Gasteiger partial charge in [0.15, 0.2) is 0 Å². The van der Waals surface area contributed by atoms with Gasteiger partial charge in [0.1, 0.15) is 0 Å². The van der Waals surface area contributed by atoms with Gasteiger partial charge < -0.3 is 10.1 Å². The molecule has 1 amide bonds. The predicted molar refractivity (Wildman–Crippen MR) is 66.2 cm³/mol. The van der Waals surface area contributed by atoms with E-state index in [2.05, 4.69) is 15.3 Å². The maximum Gasteiger partial charge on any atom is 0.316 e. The normalized spacial score (nSPS) is 9.83. The van der Waals surface area contributed by atoms with Crippen molar-refractivity contribution in [3.05, 3.63) is 53.9 Å². The predicted octanol–water partition coefficient (Wildman–Crippen LogP) is 1.42. The van der Waals surface area contributed by atoms with Gasteiger partial charge in [0, 0.05) is 18.9 Å². The molecule has 0 aliphatic heterocycles. The van der Waals surface area contributed by atoms with Crippen molar-refractivity contribution < 1.29 is 9.53 Å². The number of carbonyl (C=O) groups excluding carboxylic acids is 1. The monoisotopic (exact) mass is 243 g/mol. The van der Waals surface area contributed by atoms with Crippen molar-refractivity contribution in [2.75, 3.05) is 7.11 Å². The Morgan fingerprint density at radius 1 is 1.22 bits per heavy atom. The number of hydrogen-bond acceptors (Lipinski definition) is 4. The maximum absolute atomic E-state index is 11.8. The Balaban J connectivity index is 1.95. The van der Waals surface area contributed by atoms with Crippen LogP contribution in [0.4, 0.5) is 0 Å². The number of methoxy groups -OCH3 is 1. The number of aromatic nitrogens is 2. The van der Waals surface area contributed by atoms with Crippen LogP contribution >= 0.6 is 0 Å². The lowest BCUT2D eigenvalue weighted by Gasteiger charge is -2.05. The number of nitrogens with zero attached hydrogens (tertiary/aromatic N) is 2. The first kappa shape index (κ1) is 12.0. The second-order valence-corrected chi connectivity index (χ2v) is 3.63. The van der Waals surface area contributed by atoms with Crippen molar-refractivity contribution in [2.45, 2.75) is 6.54 Å². The molecule has 18 heavy (non-hydrogen) atoms. The average molecular weight is 243 g/mol. The summed E-state index contributed by atoms with van der Waals surface area (Å²) in [5.41, 5.74) is 1.45. The Morgan fingerprint density at radius 2 is 1.89 bits per heavy atom. The van der Waals surface area contributed by atoms with Crippen molar-refractivity contribution in [3.63, 3.8) is 0 Å². The molecule has 5 nitrogen and oxygen atoms in total. The number of rotatable bonds is 4. The molecule has 0 saturated carbocycles. The van der Waals surface area contributed by atoms with Gasteiger partial charge in [-0.25, -0.2) is 9.97 Å². The first-order chi connectivity index (χ1) is 8.79. The molecule has 2 aromatic rings. The zero-order valence-electron chi connectivity index (χ0n) is 9.96. The van der Waals surface area contributed by atoms with Gasteiger partial charge in [0.05, 0.1) is 12.7 Å². The SMILES string of the molecule is COc1ncc(C(=O)NCc2ccccc2)cn1. The van der Waals surface area contributed by atoms with Crippen molar-refractivity contribution in [3.8, 4) is 6.01 Å². The Morgan fingerprint density at radius 3 is 2.50 bits per heavy atom. The molecule has 0 atom stereocenters. The lowest BCUT2D eigenvalue weighted by molar-refractivity contribution is 0.0950. The number of hydrogen-bond donors (Lipinski definition) is 1. The minimum absolute atomic E-state index is 0.207. The number of nitrogens with one attached hydrogen (secondary N) is 1. The molecule has 1 heterocycles. The smallest absolute Gasteiger partial charge is 0.316 e. The molecule has 5 heteroatoms. The van der Waals surface area contributed by atoms with Crippen molar-refractivity contribution in [2.24, 2.45) is 0 Å². The van der Waals surface area contributed by atoms with Gasteiger partial charge in [-0.3, -0.25) is 4.79 Å². The molecule has 92 valence electrons. The van der Waals surface area contributed by atoms with Gasteiger partial charge >= 0.3 is 6.01 Å². The van der Waals surface area contributed by atoms with Crippen LogP contribution in [0.5, 0.6) is 6.01 Å². The van der Waals surface area contributed by atoms with E-state index < -0.39 is 0 Å². The molecule has 0 aliphatic rings. The van der Waals surface area contributed by atoms with E-state index >= 15 is 0 Å². The lowest BCUT2D eigenvalue weighted by Crippen LogP contribution is -2.23. The average Bonchev–Trinajstić information content (AvgIpc) is 2.46. The van der Waals surface area contributed by atoms with Crippen LogP contribution in [0.25, 0.3) is 0 Å². The van der Waals surface area contributed by atoms with Crippen LogP contribution in [-0.2, 0) is 6.54 Å². The Labute approximate surface area is 105 Å². The summed E-state index contributed by atoms with van der Waals surface area (Å²) in [7, 11) is 1.48. The summed E-state index contributed by atoms with van der Waals surface area (Å²) in [6.45, 7) is 0.478. The molecule has 1 aromatic heterocycles. The Kier molecular flexibility index (Phi) is 3.86. The van der Waals surface area contributed by atoms with E-state index in [1.54, 1.807) is 0 Å². The van der Waals surface area contributed by atoms with Crippen LogP contribution in [-0.4, -0.2) is 23.0 Å². The zero-order valence-corrected chi connectivity index (χ0v) is 9.96. The number of ether oxygens (including phenoxy) is 1. The van der Waals surface area contributed by atoms with Crippen molar-refractivity contribution in [1.29, 1.82) is 0 Å². The van der Waals surface area contributed by atoms with Crippen LogP contribution in [0.1, 0.15) is 15.9 Å². The zero-order chi connectivity index (χ0) is 12.8. The number of amides is 1. The largest absolute Gasteiger partial charge is 0.467 e. The topological polar surface area (TPSA) is 64.1 Å². The summed E-state index contributed by atoms with van der Waals surface area (Å²) in [4.78, 5) is 19.5. The summed E-state index contributed by atoms with van der Waals surface area (Å²) in [6.07, 6.45) is 2.87. The Bertz CT molecular complexity index is 512. The summed E-state index contributed by atoms with van der Waals surface area (Å²) < 4.78 is 4.82. The molecule has 0 fully saturated rings. The fourth-order valence-corrected chi connectivity index (χ4v) is 1.42. The van der Waals surface area contributed by atoms with Crippen LogP contribution < -0.4 is 10.1 Å². The molecule has 0 spiro atoms. The standard InChI is InChI=1S/C13H13N3O2/c1-18-13-15-8-11(9-16-13)12(17)14-7-10-5-3-2-4-6-10/h2-6,8-9H,7H2,1H3,(H,14,17). The highest BCUT2D eigenvalue weighted by Crippen LogP contribution is 2.03. The maximum atomic E-state index is 11.8. The van der Waals surface area contributed by atoms with Crippen molar-refractivity contribution in [1.82, 2.24) is 15.3 Å². The van der Waals surface area contributed by atoms with Crippen LogP contribution in [0.2, 0.25) is 0 Å². The molecule has 0 bridgehead atoms. The van der Waals surface area contributed by atoms with E-state index in [4.69, 9.17) is 4.74 Å². The van der Waals surface area contributed by atoms with E-state index in [0.29, 0.717) is 12.1 Å². The molecule has 0 aliphatic carbocycles. The summed E-state index contributed by atoms with van der Waals surface area (Å²) >= 11 is 0. The van der Waals surface area contributed by atoms with Crippen molar-refractivity contribution >= 4 is 5.91 Å². The highest BCUT2D eigenvalue weighted by atomic mass is 16.5. The van der Waals surface area contributed by atoms with Crippen LogP contribution in [0, 0.1) is 0 Å². The van der Waals surface area contributed by atoms with E-state index in [1.807, 2.05) is 30.3 Å². The van der Waals surface area contributed by atoms with Gasteiger partial charge in [-0.05, 0) is 5.56 Å². The number of carbonyl (C=O) groups is 1. The first-order valence-corrected chi connectivity index (χ1v) is 5.48. The van der Waals surface area contributed by atoms with Gasteiger partial charge in [-0.1, -0.05) is 30.3 Å². The van der Waals surface area contributed by atoms with Gasteiger partial charge in [-0.15, -0.1) is 0 Å². The van der Waals surface area contributed by atoms with E-state index in [9.17, 15) is 4.79 Å². The highest BCUT2D eigenvalue weighted by Gasteiger charge is 2.06. The van der Waals surface area contributed by atoms with Gasteiger partial charge in [0.2, 0.25) is 0 Å². The fraction of sp³-hybridized carbons (Fsp3) is 0.154. The minimum atomic E-state index is -0.207. The van der Waals surface area contributed by atoms with E-state index in [1.165, 1.54) is 19.5 Å². The quantitative estimate of drug-likeness (QED) is 0.882. The molecule has 1 aromatic carbocycles. The molecular weight excluding hydrogens is 230 g/mol. The second kappa shape index (κ2) is 5.77. The third-order valence-electron chi connectivity index (χ3n) is 2.37. The van der Waals surface area contributed by atoms with E-state index in [-0.39, 0.29) is 11.9 Å². The van der Waals surface area contributed by atoms with Crippen LogP contribution in [0.3, 0.4) is 0 Å². The third-order valence-corrected chi connectivity index (χ3v) is 2.37. The summed E-state index contributed by atoms with van der Waals surface area (Å²) in [6, 6.07) is 9.93. The Hall–Kier alpha value is -2.43. The number of benzene rings is 1. The van der Waals surface area contributed by atoms with Gasteiger partial charge in [-0.2, -0.15) is 0 Å². The summed E-state index contributed by atoms with van der Waals surface area (Å²) in [5.74, 6) is -0.207. The highest BCUT2D eigenvalue weighted by molar-refractivity contribution is 5.93. The third kappa shape index (κ3) is 3.04. The van der Waals surface area contributed by atoms with Gasteiger partial charge in [0.25, 0.3) is 5.91 Å². The first-order valence-electron chi connectivity index (χ1n) is 5.48. The molecular formula is C13H13N3O2. The minimum Gasteiger partial charge on any atom is -0.467 e. The second-order valence-electron chi connectivity index (χ2n) is 3.63. The molecule has 1 N–H and O–H groups in total. The van der Waals surface area contributed by atoms with E-state index in [0.717, 1.165) is 5.56 Å². The molecule has 0 unspecified atom stereocenters.